The fourth-order valence-corrected chi connectivity index (χ4v) is 2.76. The number of ether oxygens (including phenoxy) is 1. The number of aromatic nitrogens is 2. The molecule has 1 aliphatic heterocycles. The van der Waals surface area contributed by atoms with Crippen molar-refractivity contribution < 1.29 is 14.3 Å². The summed E-state index contributed by atoms with van der Waals surface area (Å²) in [6, 6.07) is -0.406. The van der Waals surface area contributed by atoms with E-state index in [-0.39, 0.29) is 5.91 Å². The predicted molar refractivity (Wildman–Crippen MR) is 81.3 cm³/mol. The van der Waals surface area contributed by atoms with Gasteiger partial charge in [0.1, 0.15) is 11.9 Å². The van der Waals surface area contributed by atoms with Crippen molar-refractivity contribution in [2.45, 2.75) is 45.2 Å². The highest BCUT2D eigenvalue weighted by atomic mass is 16.5. The maximum absolute atomic E-state index is 12.3. The molecule has 0 aromatic carbocycles. The van der Waals surface area contributed by atoms with Crippen molar-refractivity contribution >= 4 is 12.0 Å². The van der Waals surface area contributed by atoms with Crippen LogP contribution in [0.4, 0.5) is 4.79 Å². The normalized spacial score (nSPS) is 18.1. The summed E-state index contributed by atoms with van der Waals surface area (Å²) in [5.41, 5.74) is 0. The van der Waals surface area contributed by atoms with E-state index in [2.05, 4.69) is 10.3 Å². The van der Waals surface area contributed by atoms with E-state index in [9.17, 15) is 9.59 Å². The van der Waals surface area contributed by atoms with Gasteiger partial charge in [-0.3, -0.25) is 9.69 Å². The average molecular weight is 308 g/mol. The van der Waals surface area contributed by atoms with Crippen LogP contribution in [0.5, 0.6) is 0 Å². The summed E-state index contributed by atoms with van der Waals surface area (Å²) >= 11 is 0. The largest absolute Gasteiger partial charge is 0.453 e. The van der Waals surface area contributed by atoms with E-state index in [0.717, 1.165) is 31.6 Å². The maximum atomic E-state index is 12.3. The van der Waals surface area contributed by atoms with Crippen LogP contribution in [0, 0.1) is 6.92 Å². The number of piperidine rings is 1. The molecule has 2 rings (SSSR count). The van der Waals surface area contributed by atoms with Crippen LogP contribution in [0.25, 0.3) is 0 Å². The molecule has 0 spiro atoms. The number of carbonyl (C=O) groups excluding carboxylic acids is 2. The first-order chi connectivity index (χ1) is 10.6. The summed E-state index contributed by atoms with van der Waals surface area (Å²) in [7, 11) is 1.35. The number of nitrogens with zero attached hydrogens (tertiary/aromatic N) is 3. The van der Waals surface area contributed by atoms with Crippen molar-refractivity contribution in [3.63, 3.8) is 0 Å². The van der Waals surface area contributed by atoms with Gasteiger partial charge in [-0.1, -0.05) is 0 Å². The zero-order valence-corrected chi connectivity index (χ0v) is 13.2. The minimum atomic E-state index is -0.422. The SMILES string of the molecule is COC(=O)N1CCCC[C@@H]1C(=O)NCCCn1ccnc1C. The molecular weight excluding hydrogens is 284 g/mol. The Morgan fingerprint density at radius 2 is 2.27 bits per heavy atom. The topological polar surface area (TPSA) is 76.5 Å². The minimum absolute atomic E-state index is 0.0903. The number of amides is 2. The van der Waals surface area contributed by atoms with Crippen LogP contribution < -0.4 is 5.32 Å². The van der Waals surface area contributed by atoms with Gasteiger partial charge in [-0.15, -0.1) is 0 Å². The summed E-state index contributed by atoms with van der Waals surface area (Å²) < 4.78 is 6.80. The molecule has 1 aromatic rings. The molecule has 0 saturated carbocycles. The van der Waals surface area contributed by atoms with E-state index < -0.39 is 12.1 Å². The standard InChI is InChI=1S/C15H24N4O3/c1-12-16-8-11-18(12)9-5-7-17-14(20)13-6-3-4-10-19(13)15(21)22-2/h8,11,13H,3-7,9-10H2,1-2H3,(H,17,20)/t13-/m1/s1. The van der Waals surface area contributed by atoms with Crippen molar-refractivity contribution in [1.82, 2.24) is 19.8 Å². The lowest BCUT2D eigenvalue weighted by Gasteiger charge is -2.33. The number of nitrogens with one attached hydrogen (secondary N) is 1. The lowest BCUT2D eigenvalue weighted by Crippen LogP contribution is -2.52. The fourth-order valence-electron chi connectivity index (χ4n) is 2.76. The van der Waals surface area contributed by atoms with Crippen molar-refractivity contribution in [2.24, 2.45) is 0 Å². The monoisotopic (exact) mass is 308 g/mol. The van der Waals surface area contributed by atoms with E-state index in [0.29, 0.717) is 19.5 Å². The number of rotatable bonds is 5. The molecule has 1 N–H and O–H groups in total. The molecule has 1 aliphatic rings. The first kappa shape index (κ1) is 16.3. The Balaban J connectivity index is 1.78. The van der Waals surface area contributed by atoms with Gasteiger partial charge in [0.2, 0.25) is 5.91 Å². The van der Waals surface area contributed by atoms with E-state index in [1.165, 1.54) is 12.0 Å². The molecule has 7 heteroatoms. The average Bonchev–Trinajstić information content (AvgIpc) is 2.95. The van der Waals surface area contributed by atoms with Crippen molar-refractivity contribution in [2.75, 3.05) is 20.2 Å². The summed E-state index contributed by atoms with van der Waals surface area (Å²) in [5.74, 6) is 0.878. The summed E-state index contributed by atoms with van der Waals surface area (Å²) in [4.78, 5) is 29.7. The van der Waals surface area contributed by atoms with Gasteiger partial charge >= 0.3 is 6.09 Å². The van der Waals surface area contributed by atoms with Crippen molar-refractivity contribution in [3.8, 4) is 0 Å². The molecule has 1 atom stereocenters. The van der Waals surface area contributed by atoms with E-state index in [1.807, 2.05) is 17.7 Å². The first-order valence-corrected chi connectivity index (χ1v) is 7.73. The van der Waals surface area contributed by atoms with Gasteiger partial charge < -0.3 is 14.6 Å². The second-order valence-electron chi connectivity index (χ2n) is 5.49. The number of hydrogen-bond donors (Lipinski definition) is 1. The highest BCUT2D eigenvalue weighted by Gasteiger charge is 2.32. The fraction of sp³-hybridized carbons (Fsp3) is 0.667. The molecule has 122 valence electrons. The van der Waals surface area contributed by atoms with Crippen molar-refractivity contribution in [1.29, 1.82) is 0 Å². The molecule has 0 aliphatic carbocycles. The quantitative estimate of drug-likeness (QED) is 0.832. The zero-order valence-electron chi connectivity index (χ0n) is 13.2. The molecular formula is C15H24N4O3. The Bertz CT molecular complexity index is 515. The minimum Gasteiger partial charge on any atom is -0.453 e. The van der Waals surface area contributed by atoms with Gasteiger partial charge in [-0.05, 0) is 32.6 Å². The van der Waals surface area contributed by atoms with Gasteiger partial charge in [0, 0.05) is 32.0 Å². The lowest BCUT2D eigenvalue weighted by molar-refractivity contribution is -0.127. The van der Waals surface area contributed by atoms with Crippen molar-refractivity contribution in [3.05, 3.63) is 18.2 Å². The summed E-state index contributed by atoms with van der Waals surface area (Å²) in [5, 5.41) is 2.92. The maximum Gasteiger partial charge on any atom is 0.410 e. The Hall–Kier alpha value is -2.05. The van der Waals surface area contributed by atoms with Gasteiger partial charge in [0.25, 0.3) is 0 Å². The highest BCUT2D eigenvalue weighted by molar-refractivity contribution is 5.85. The zero-order chi connectivity index (χ0) is 15.9. The molecule has 7 nitrogen and oxygen atoms in total. The van der Waals surface area contributed by atoms with Crippen LogP contribution in [-0.4, -0.2) is 52.7 Å². The van der Waals surface area contributed by atoms with Crippen LogP contribution in [0.2, 0.25) is 0 Å². The van der Waals surface area contributed by atoms with Gasteiger partial charge in [-0.2, -0.15) is 0 Å². The smallest absolute Gasteiger partial charge is 0.410 e. The van der Waals surface area contributed by atoms with E-state index in [4.69, 9.17) is 4.74 Å². The number of hydrogen-bond acceptors (Lipinski definition) is 4. The third-order valence-electron chi connectivity index (χ3n) is 4.01. The molecule has 2 amide bonds. The van der Waals surface area contributed by atoms with Gasteiger partial charge in [0.05, 0.1) is 7.11 Å². The Morgan fingerprint density at radius 1 is 1.45 bits per heavy atom. The van der Waals surface area contributed by atoms with Crippen LogP contribution in [0.3, 0.4) is 0 Å². The summed E-state index contributed by atoms with van der Waals surface area (Å²) in [6.07, 6.45) is 6.67. The third kappa shape index (κ3) is 3.99. The molecule has 22 heavy (non-hydrogen) atoms. The molecule has 0 bridgehead atoms. The van der Waals surface area contributed by atoms with E-state index >= 15 is 0 Å². The highest BCUT2D eigenvalue weighted by Crippen LogP contribution is 2.18. The second-order valence-corrected chi connectivity index (χ2v) is 5.49. The Labute approximate surface area is 130 Å². The molecule has 0 unspecified atom stereocenters. The molecule has 0 radical (unpaired) electrons. The molecule has 1 saturated heterocycles. The first-order valence-electron chi connectivity index (χ1n) is 7.73. The number of aryl methyl sites for hydroxylation is 2. The van der Waals surface area contributed by atoms with Crippen LogP contribution in [0.1, 0.15) is 31.5 Å². The van der Waals surface area contributed by atoms with Crippen LogP contribution in [0.15, 0.2) is 12.4 Å². The number of carbonyl (C=O) groups is 2. The van der Waals surface area contributed by atoms with Crippen LogP contribution >= 0.6 is 0 Å². The number of imidazole rings is 1. The molecule has 1 aromatic heterocycles. The Morgan fingerprint density at radius 3 is 2.95 bits per heavy atom. The summed E-state index contributed by atoms with van der Waals surface area (Å²) in [6.45, 7) is 3.94. The lowest BCUT2D eigenvalue weighted by atomic mass is 10.0. The Kier molecular flexibility index (Phi) is 5.80. The number of likely N-dealkylation sites (tertiary alicyclic amines) is 1. The second kappa shape index (κ2) is 7.82. The number of methoxy groups -OCH3 is 1. The molecule has 1 fully saturated rings. The predicted octanol–water partition coefficient (Wildman–Crippen LogP) is 1.32. The van der Waals surface area contributed by atoms with E-state index in [1.54, 1.807) is 6.20 Å². The van der Waals surface area contributed by atoms with Crippen LogP contribution in [-0.2, 0) is 16.1 Å². The van der Waals surface area contributed by atoms with Gasteiger partial charge in [-0.25, -0.2) is 9.78 Å². The molecule has 2 heterocycles. The van der Waals surface area contributed by atoms with Gasteiger partial charge in [0.15, 0.2) is 0 Å². The third-order valence-corrected chi connectivity index (χ3v) is 4.01.